The highest BCUT2D eigenvalue weighted by atomic mass is 16.4. The van der Waals surface area contributed by atoms with Gasteiger partial charge in [0.15, 0.2) is 5.58 Å². The molecule has 2 aromatic rings. The Hall–Kier alpha value is -1.71. The lowest BCUT2D eigenvalue weighted by Gasteiger charge is -2.04. The largest absolute Gasteiger partial charge is 0.417 e. The van der Waals surface area contributed by atoms with Gasteiger partial charge in [-0.25, -0.2) is 4.79 Å². The molecule has 2 N–H and O–H groups in total. The standard InChI is InChI=1S/C12H16N2O2/c1-2-3-4-7-13-9-5-6-10-11(8-9)16-12(15)14-10/h5-6,8,13H,2-4,7H2,1H3,(H,14,15). The van der Waals surface area contributed by atoms with E-state index >= 15 is 0 Å². The molecule has 0 amide bonds. The van der Waals surface area contributed by atoms with E-state index < -0.39 is 5.76 Å². The molecule has 4 heteroatoms. The lowest BCUT2D eigenvalue weighted by molar-refractivity contribution is 0.555. The molecular weight excluding hydrogens is 204 g/mol. The molecule has 0 saturated heterocycles. The number of benzene rings is 1. The smallest absolute Gasteiger partial charge is 0.408 e. The van der Waals surface area contributed by atoms with Crippen LogP contribution < -0.4 is 11.1 Å². The van der Waals surface area contributed by atoms with Crippen molar-refractivity contribution < 1.29 is 4.42 Å². The monoisotopic (exact) mass is 220 g/mol. The Labute approximate surface area is 93.7 Å². The highest BCUT2D eigenvalue weighted by Gasteiger charge is 2.01. The second-order valence-electron chi connectivity index (χ2n) is 3.86. The average molecular weight is 220 g/mol. The molecule has 0 aliphatic heterocycles. The minimum Gasteiger partial charge on any atom is -0.408 e. The van der Waals surface area contributed by atoms with Gasteiger partial charge in [0.05, 0.1) is 5.52 Å². The average Bonchev–Trinajstić information content (AvgIpc) is 2.64. The Morgan fingerprint density at radius 1 is 1.38 bits per heavy atom. The van der Waals surface area contributed by atoms with Crippen molar-refractivity contribution in [2.75, 3.05) is 11.9 Å². The van der Waals surface area contributed by atoms with E-state index in [0.29, 0.717) is 5.58 Å². The summed E-state index contributed by atoms with van der Waals surface area (Å²) >= 11 is 0. The Kier molecular flexibility index (Phi) is 3.29. The minimum absolute atomic E-state index is 0.405. The molecule has 0 saturated carbocycles. The van der Waals surface area contributed by atoms with E-state index in [-0.39, 0.29) is 0 Å². The molecule has 1 aromatic heterocycles. The molecule has 1 heterocycles. The second-order valence-corrected chi connectivity index (χ2v) is 3.86. The Morgan fingerprint density at radius 3 is 3.06 bits per heavy atom. The first-order chi connectivity index (χ1) is 7.79. The number of H-pyrrole nitrogens is 1. The molecule has 0 aliphatic carbocycles. The van der Waals surface area contributed by atoms with Crippen molar-refractivity contribution in [2.45, 2.75) is 26.2 Å². The van der Waals surface area contributed by atoms with Crippen LogP contribution >= 0.6 is 0 Å². The van der Waals surface area contributed by atoms with E-state index in [1.807, 2.05) is 18.2 Å². The maximum Gasteiger partial charge on any atom is 0.417 e. The van der Waals surface area contributed by atoms with Crippen LogP contribution in [0.25, 0.3) is 11.1 Å². The van der Waals surface area contributed by atoms with Crippen molar-refractivity contribution in [3.63, 3.8) is 0 Å². The van der Waals surface area contributed by atoms with Gasteiger partial charge in [-0.2, -0.15) is 0 Å². The topological polar surface area (TPSA) is 58.0 Å². The van der Waals surface area contributed by atoms with Crippen molar-refractivity contribution >= 4 is 16.8 Å². The number of anilines is 1. The van der Waals surface area contributed by atoms with Crippen molar-refractivity contribution in [2.24, 2.45) is 0 Å². The zero-order valence-corrected chi connectivity index (χ0v) is 9.38. The summed E-state index contributed by atoms with van der Waals surface area (Å²) in [5, 5.41) is 3.30. The lowest BCUT2D eigenvalue weighted by Crippen LogP contribution is -2.00. The van der Waals surface area contributed by atoms with Gasteiger partial charge in [0.2, 0.25) is 0 Å². The summed E-state index contributed by atoms with van der Waals surface area (Å²) in [6.07, 6.45) is 3.60. The van der Waals surface area contributed by atoms with Gasteiger partial charge in [-0.3, -0.25) is 4.98 Å². The summed E-state index contributed by atoms with van der Waals surface area (Å²) in [7, 11) is 0. The Balaban J connectivity index is 2.04. The first-order valence-corrected chi connectivity index (χ1v) is 5.66. The van der Waals surface area contributed by atoms with E-state index in [0.717, 1.165) is 24.2 Å². The van der Waals surface area contributed by atoms with Gasteiger partial charge >= 0.3 is 5.76 Å². The first kappa shape index (κ1) is 10.8. The van der Waals surface area contributed by atoms with Crippen LogP contribution in [0.15, 0.2) is 27.4 Å². The van der Waals surface area contributed by atoms with Crippen LogP contribution in [0, 0.1) is 0 Å². The number of fused-ring (bicyclic) bond motifs is 1. The SMILES string of the molecule is CCCCCNc1ccc2[nH]c(=O)oc2c1. The van der Waals surface area contributed by atoms with E-state index in [4.69, 9.17) is 4.42 Å². The third-order valence-electron chi connectivity index (χ3n) is 2.53. The quantitative estimate of drug-likeness (QED) is 0.762. The molecule has 16 heavy (non-hydrogen) atoms. The normalized spacial score (nSPS) is 10.8. The summed E-state index contributed by atoms with van der Waals surface area (Å²) in [6, 6.07) is 5.64. The molecule has 0 atom stereocenters. The Morgan fingerprint density at radius 2 is 2.25 bits per heavy atom. The van der Waals surface area contributed by atoms with Crippen LogP contribution in [-0.2, 0) is 0 Å². The summed E-state index contributed by atoms with van der Waals surface area (Å²) in [6.45, 7) is 3.13. The van der Waals surface area contributed by atoms with E-state index in [9.17, 15) is 4.79 Å². The van der Waals surface area contributed by atoms with Crippen LogP contribution in [0.3, 0.4) is 0 Å². The molecule has 0 aliphatic rings. The molecule has 0 radical (unpaired) electrons. The number of hydrogen-bond acceptors (Lipinski definition) is 3. The zero-order chi connectivity index (χ0) is 11.4. The summed E-state index contributed by atoms with van der Waals surface area (Å²) in [5.41, 5.74) is 2.33. The first-order valence-electron chi connectivity index (χ1n) is 5.66. The maximum atomic E-state index is 11.0. The fraction of sp³-hybridized carbons (Fsp3) is 0.417. The third kappa shape index (κ3) is 2.45. The van der Waals surface area contributed by atoms with Gasteiger partial charge in [0.1, 0.15) is 0 Å². The minimum atomic E-state index is -0.405. The van der Waals surface area contributed by atoms with Crippen LogP contribution in [0.5, 0.6) is 0 Å². The molecule has 0 fully saturated rings. The van der Waals surface area contributed by atoms with Crippen LogP contribution in [0.2, 0.25) is 0 Å². The molecule has 0 bridgehead atoms. The number of hydrogen-bond donors (Lipinski definition) is 2. The van der Waals surface area contributed by atoms with Crippen LogP contribution in [0.1, 0.15) is 26.2 Å². The number of unbranched alkanes of at least 4 members (excludes halogenated alkanes) is 2. The zero-order valence-electron chi connectivity index (χ0n) is 9.38. The van der Waals surface area contributed by atoms with Crippen molar-refractivity contribution in [3.05, 3.63) is 28.7 Å². The van der Waals surface area contributed by atoms with Crippen molar-refractivity contribution in [1.29, 1.82) is 0 Å². The number of nitrogens with one attached hydrogen (secondary N) is 2. The molecule has 86 valence electrons. The van der Waals surface area contributed by atoms with E-state index in [1.54, 1.807) is 0 Å². The summed E-state index contributed by atoms with van der Waals surface area (Å²) in [5.74, 6) is -0.405. The highest BCUT2D eigenvalue weighted by molar-refractivity contribution is 5.76. The summed E-state index contributed by atoms with van der Waals surface area (Å²) < 4.78 is 4.98. The number of aromatic amines is 1. The Bertz CT molecular complexity index is 513. The fourth-order valence-electron chi connectivity index (χ4n) is 1.66. The molecule has 4 nitrogen and oxygen atoms in total. The van der Waals surface area contributed by atoms with Gasteiger partial charge in [-0.05, 0) is 18.6 Å². The van der Waals surface area contributed by atoms with E-state index in [2.05, 4.69) is 17.2 Å². The van der Waals surface area contributed by atoms with Gasteiger partial charge in [-0.1, -0.05) is 19.8 Å². The summed E-state index contributed by atoms with van der Waals surface area (Å²) in [4.78, 5) is 13.6. The van der Waals surface area contributed by atoms with Crippen molar-refractivity contribution in [3.8, 4) is 0 Å². The molecule has 2 rings (SSSR count). The molecule has 1 aromatic carbocycles. The van der Waals surface area contributed by atoms with Crippen LogP contribution in [0.4, 0.5) is 5.69 Å². The second kappa shape index (κ2) is 4.88. The van der Waals surface area contributed by atoms with Gasteiger partial charge < -0.3 is 9.73 Å². The fourth-order valence-corrected chi connectivity index (χ4v) is 1.66. The van der Waals surface area contributed by atoms with Gasteiger partial charge in [0.25, 0.3) is 0 Å². The predicted octanol–water partition coefficient (Wildman–Crippen LogP) is 2.72. The number of aromatic nitrogens is 1. The predicted molar refractivity (Wildman–Crippen MR) is 64.8 cm³/mol. The van der Waals surface area contributed by atoms with Gasteiger partial charge in [0, 0.05) is 18.3 Å². The van der Waals surface area contributed by atoms with E-state index in [1.165, 1.54) is 12.8 Å². The third-order valence-corrected chi connectivity index (χ3v) is 2.53. The molecule has 0 unspecified atom stereocenters. The molecular formula is C12H16N2O2. The van der Waals surface area contributed by atoms with Crippen molar-refractivity contribution in [1.82, 2.24) is 4.98 Å². The highest BCUT2D eigenvalue weighted by Crippen LogP contribution is 2.16. The lowest BCUT2D eigenvalue weighted by atomic mass is 10.2. The van der Waals surface area contributed by atoms with Crippen LogP contribution in [-0.4, -0.2) is 11.5 Å². The number of rotatable bonds is 5. The molecule has 0 spiro atoms. The van der Waals surface area contributed by atoms with Gasteiger partial charge in [-0.15, -0.1) is 0 Å². The maximum absolute atomic E-state index is 11.0. The number of oxazole rings is 1.